The fourth-order valence-electron chi connectivity index (χ4n) is 4.97. The number of terminal acetylenes is 1. The Morgan fingerprint density at radius 3 is 2.77 bits per heavy atom. The number of aliphatic imine (C=N–C) groups is 1. The number of nitrogens with zero attached hydrogens (tertiary/aromatic N) is 1. The summed E-state index contributed by atoms with van der Waals surface area (Å²) in [6, 6.07) is 21.0. The second kappa shape index (κ2) is 10.3. The van der Waals surface area contributed by atoms with Gasteiger partial charge in [0.15, 0.2) is 11.5 Å². The lowest BCUT2D eigenvalue weighted by atomic mass is 9.77. The van der Waals surface area contributed by atoms with Crippen LogP contribution in [0.2, 0.25) is 5.02 Å². The zero-order valence-corrected chi connectivity index (χ0v) is 20.3. The third kappa shape index (κ3) is 4.78. The van der Waals surface area contributed by atoms with E-state index >= 15 is 0 Å². The first-order valence-corrected chi connectivity index (χ1v) is 12.2. The van der Waals surface area contributed by atoms with Crippen LogP contribution in [0.15, 0.2) is 77.8 Å². The first kappa shape index (κ1) is 23.1. The molecule has 4 nitrogen and oxygen atoms in total. The van der Waals surface area contributed by atoms with E-state index in [2.05, 4.69) is 76.9 Å². The minimum absolute atomic E-state index is 0.124. The molecular weight excluding hydrogens is 456 g/mol. The molecule has 0 aromatic heterocycles. The Kier molecular flexibility index (Phi) is 6.79. The van der Waals surface area contributed by atoms with E-state index in [0.29, 0.717) is 35.0 Å². The van der Waals surface area contributed by atoms with Crippen molar-refractivity contribution in [2.45, 2.75) is 25.3 Å². The highest BCUT2D eigenvalue weighted by Gasteiger charge is 2.37. The van der Waals surface area contributed by atoms with E-state index in [0.717, 1.165) is 17.7 Å². The van der Waals surface area contributed by atoms with Gasteiger partial charge in [0.25, 0.3) is 0 Å². The van der Waals surface area contributed by atoms with Gasteiger partial charge in [0.1, 0.15) is 6.61 Å². The summed E-state index contributed by atoms with van der Waals surface area (Å²) in [4.78, 5) is 4.65. The second-order valence-electron chi connectivity index (χ2n) is 8.67. The number of para-hydroxylation sites is 1. The van der Waals surface area contributed by atoms with Gasteiger partial charge in [-0.1, -0.05) is 60.0 Å². The molecule has 5 rings (SSSR count). The Balaban J connectivity index is 1.35. The van der Waals surface area contributed by atoms with E-state index in [-0.39, 0.29) is 12.6 Å². The van der Waals surface area contributed by atoms with Gasteiger partial charge in [0.05, 0.1) is 23.4 Å². The number of halogens is 1. The Morgan fingerprint density at radius 1 is 1.14 bits per heavy atom. The Bertz CT molecular complexity index is 1310. The second-order valence-corrected chi connectivity index (χ2v) is 9.08. The van der Waals surface area contributed by atoms with Crippen molar-refractivity contribution in [3.05, 3.63) is 94.5 Å². The Hall–Kier alpha value is -3.68. The number of fused-ring (bicyclic) bond motifs is 3. The van der Waals surface area contributed by atoms with Crippen molar-refractivity contribution in [1.82, 2.24) is 0 Å². The molecule has 0 fully saturated rings. The summed E-state index contributed by atoms with van der Waals surface area (Å²) in [7, 11) is 0. The minimum atomic E-state index is 0.124. The van der Waals surface area contributed by atoms with Crippen LogP contribution in [0.25, 0.3) is 0 Å². The minimum Gasteiger partial charge on any atom is -0.490 e. The van der Waals surface area contributed by atoms with Gasteiger partial charge in [-0.15, -0.1) is 6.42 Å². The number of benzene rings is 3. The van der Waals surface area contributed by atoms with Gasteiger partial charge in [-0.25, -0.2) is 0 Å². The number of anilines is 1. The van der Waals surface area contributed by atoms with Crippen molar-refractivity contribution >= 4 is 29.2 Å². The summed E-state index contributed by atoms with van der Waals surface area (Å²) < 4.78 is 11.3. The van der Waals surface area contributed by atoms with E-state index < -0.39 is 0 Å². The van der Waals surface area contributed by atoms with Crippen LogP contribution in [0, 0.1) is 18.3 Å². The van der Waals surface area contributed by atoms with Gasteiger partial charge >= 0.3 is 0 Å². The van der Waals surface area contributed by atoms with Crippen molar-refractivity contribution in [3.8, 4) is 23.8 Å². The number of allylic oxidation sites excluding steroid dienone is 2. The van der Waals surface area contributed by atoms with Gasteiger partial charge < -0.3 is 14.8 Å². The van der Waals surface area contributed by atoms with Gasteiger partial charge in [-0.05, 0) is 66.3 Å². The number of hydrogen-bond donors (Lipinski definition) is 1. The normalized spacial score (nSPS) is 20.1. The lowest BCUT2D eigenvalue weighted by molar-refractivity contribution is 0.299. The van der Waals surface area contributed by atoms with Gasteiger partial charge in [0, 0.05) is 17.8 Å². The van der Waals surface area contributed by atoms with Crippen LogP contribution >= 0.6 is 11.6 Å². The molecule has 5 heteroatoms. The van der Waals surface area contributed by atoms with Crippen LogP contribution < -0.4 is 14.8 Å². The van der Waals surface area contributed by atoms with Crippen molar-refractivity contribution in [2.75, 3.05) is 18.5 Å². The quantitative estimate of drug-likeness (QED) is 0.218. The molecule has 0 saturated carbocycles. The van der Waals surface area contributed by atoms with Crippen LogP contribution in [0.1, 0.15) is 42.0 Å². The predicted octanol–water partition coefficient (Wildman–Crippen LogP) is 7.33. The van der Waals surface area contributed by atoms with Crippen LogP contribution in [-0.4, -0.2) is 19.4 Å². The van der Waals surface area contributed by atoms with E-state index in [1.165, 1.54) is 16.8 Å². The highest BCUT2D eigenvalue weighted by Crippen LogP contribution is 2.49. The molecule has 0 saturated heterocycles. The highest BCUT2D eigenvalue weighted by atomic mass is 35.5. The summed E-state index contributed by atoms with van der Waals surface area (Å²) in [5.41, 5.74) is 5.58. The molecule has 1 heterocycles. The summed E-state index contributed by atoms with van der Waals surface area (Å²) in [6.45, 7) is 2.52. The lowest BCUT2D eigenvalue weighted by Gasteiger charge is -2.37. The highest BCUT2D eigenvalue weighted by molar-refractivity contribution is 6.32. The predicted molar refractivity (Wildman–Crippen MR) is 143 cm³/mol. The smallest absolute Gasteiger partial charge is 0.181 e. The maximum Gasteiger partial charge on any atom is 0.181 e. The van der Waals surface area contributed by atoms with Gasteiger partial charge in [-0.2, -0.15) is 0 Å². The average Bonchev–Trinajstić information content (AvgIpc) is 3.38. The van der Waals surface area contributed by atoms with Crippen molar-refractivity contribution in [3.63, 3.8) is 0 Å². The first-order valence-electron chi connectivity index (χ1n) is 11.9. The molecule has 1 N–H and O–H groups in total. The molecule has 2 aliphatic rings. The van der Waals surface area contributed by atoms with Gasteiger partial charge in [-0.3, -0.25) is 4.99 Å². The van der Waals surface area contributed by atoms with E-state index in [1.54, 1.807) is 12.3 Å². The third-order valence-corrected chi connectivity index (χ3v) is 6.80. The van der Waals surface area contributed by atoms with E-state index in [1.807, 2.05) is 13.0 Å². The summed E-state index contributed by atoms with van der Waals surface area (Å²) in [5, 5.41) is 4.21. The third-order valence-electron chi connectivity index (χ3n) is 6.52. The summed E-state index contributed by atoms with van der Waals surface area (Å²) in [5.74, 6) is 4.44. The molecular formula is C30H27ClN2O2. The maximum atomic E-state index is 6.43. The number of ether oxygens (including phenoxy) is 2. The van der Waals surface area contributed by atoms with Crippen molar-refractivity contribution in [2.24, 2.45) is 10.9 Å². The molecule has 176 valence electrons. The molecule has 1 aliphatic heterocycles. The number of hydrogen-bond acceptors (Lipinski definition) is 4. The molecule has 0 spiro atoms. The molecule has 1 aliphatic carbocycles. The van der Waals surface area contributed by atoms with Gasteiger partial charge in [0.2, 0.25) is 0 Å². The molecule has 3 atom stereocenters. The van der Waals surface area contributed by atoms with Crippen LogP contribution in [0.5, 0.6) is 11.5 Å². The monoisotopic (exact) mass is 482 g/mol. The summed E-state index contributed by atoms with van der Waals surface area (Å²) in [6.07, 6.45) is 12.8. The largest absolute Gasteiger partial charge is 0.490 e. The molecule has 3 aromatic carbocycles. The van der Waals surface area contributed by atoms with E-state index in [4.69, 9.17) is 27.5 Å². The van der Waals surface area contributed by atoms with Crippen LogP contribution in [0.3, 0.4) is 0 Å². The molecule has 0 bridgehead atoms. The SMILES string of the molecule is C#CCOc1c(Cl)cc(C=Nc2ccc([C@@H]3Nc4ccccc4[C@H]4C=CC[C@@H]43)cc2)cc1OCC. The first-order chi connectivity index (χ1) is 17.2. The fourth-order valence-corrected chi connectivity index (χ4v) is 5.24. The molecule has 35 heavy (non-hydrogen) atoms. The van der Waals surface area contributed by atoms with Crippen LogP contribution in [0.4, 0.5) is 11.4 Å². The maximum absolute atomic E-state index is 6.43. The molecule has 0 radical (unpaired) electrons. The molecule has 3 aromatic rings. The number of nitrogens with one attached hydrogen (secondary N) is 1. The zero-order chi connectivity index (χ0) is 24.2. The average molecular weight is 483 g/mol. The topological polar surface area (TPSA) is 42.8 Å². The van der Waals surface area contributed by atoms with Crippen molar-refractivity contribution in [1.29, 1.82) is 0 Å². The lowest BCUT2D eigenvalue weighted by Crippen LogP contribution is -2.28. The summed E-state index contributed by atoms with van der Waals surface area (Å²) >= 11 is 6.43. The zero-order valence-electron chi connectivity index (χ0n) is 19.6. The van der Waals surface area contributed by atoms with Crippen LogP contribution in [-0.2, 0) is 0 Å². The molecule has 0 unspecified atom stereocenters. The molecule has 0 amide bonds. The Morgan fingerprint density at radius 2 is 1.97 bits per heavy atom. The standard InChI is InChI=1S/C30H27ClN2O2/c1-3-16-35-30-26(31)17-20(18-28(30)34-4-2)19-32-22-14-12-21(13-15-22)29-25-10-7-9-23(25)24-8-5-6-11-27(24)33-29/h1,5-9,11-15,17-19,23,25,29,33H,4,10,16H2,2H3/t23-,25+,29+/m1/s1. The van der Waals surface area contributed by atoms with E-state index in [9.17, 15) is 0 Å². The fraction of sp³-hybridized carbons (Fsp3) is 0.233. The number of rotatable bonds is 7. The Labute approximate surface area is 211 Å². The van der Waals surface area contributed by atoms with Crippen molar-refractivity contribution < 1.29 is 9.47 Å².